The molecular formula is C29H28ClN6+. The number of rotatable bonds is 5. The van der Waals surface area contributed by atoms with Crippen LogP contribution >= 0.6 is 11.6 Å². The SMILES string of the molecule is N[N+]12C=CN=CC1=C(C1CC(CN3CCC3)C1)N=C2c1cc2nc(-c3ccccc3)ccc2cc1Cl. The highest BCUT2D eigenvalue weighted by Crippen LogP contribution is 2.46. The Hall–Kier alpha value is -3.16. The van der Waals surface area contributed by atoms with Gasteiger partial charge in [0.25, 0.3) is 5.84 Å². The van der Waals surface area contributed by atoms with Crippen LogP contribution < -0.4 is 5.84 Å². The fourth-order valence-electron chi connectivity index (χ4n) is 5.81. The zero-order chi connectivity index (χ0) is 24.3. The third kappa shape index (κ3) is 3.56. The van der Waals surface area contributed by atoms with Gasteiger partial charge in [-0.2, -0.15) is 10.8 Å². The van der Waals surface area contributed by atoms with Crippen LogP contribution in [0.3, 0.4) is 0 Å². The van der Waals surface area contributed by atoms with Crippen LogP contribution in [0.2, 0.25) is 5.02 Å². The first kappa shape index (κ1) is 22.1. The number of aromatic nitrogens is 1. The molecule has 1 aromatic heterocycles. The normalized spacial score (nSPS) is 27.1. The summed E-state index contributed by atoms with van der Waals surface area (Å²) in [5, 5.41) is 1.61. The summed E-state index contributed by atoms with van der Waals surface area (Å²) in [5.74, 6) is 8.89. The van der Waals surface area contributed by atoms with Gasteiger partial charge in [0.15, 0.2) is 0 Å². The molecule has 1 saturated heterocycles. The van der Waals surface area contributed by atoms with Crippen LogP contribution in [-0.2, 0) is 0 Å². The third-order valence-electron chi connectivity index (χ3n) is 8.00. The van der Waals surface area contributed by atoms with Gasteiger partial charge in [0.2, 0.25) is 5.70 Å². The maximum Gasteiger partial charge on any atom is 0.266 e. The summed E-state index contributed by atoms with van der Waals surface area (Å²) in [5.41, 5.74) is 5.69. The molecule has 4 heterocycles. The van der Waals surface area contributed by atoms with Crippen molar-refractivity contribution in [3.8, 4) is 11.3 Å². The number of amidine groups is 1. The maximum absolute atomic E-state index is 7.01. The van der Waals surface area contributed by atoms with Crippen LogP contribution in [0.25, 0.3) is 22.2 Å². The van der Waals surface area contributed by atoms with E-state index in [-0.39, 0.29) is 4.59 Å². The van der Waals surface area contributed by atoms with Crippen molar-refractivity contribution in [2.24, 2.45) is 27.7 Å². The second kappa shape index (κ2) is 8.46. The number of hydrogen-bond donors (Lipinski definition) is 1. The van der Waals surface area contributed by atoms with Crippen LogP contribution in [0.5, 0.6) is 0 Å². The molecule has 6 nitrogen and oxygen atoms in total. The Kier molecular flexibility index (Phi) is 5.18. The van der Waals surface area contributed by atoms with Crippen molar-refractivity contribution in [2.75, 3.05) is 19.6 Å². The zero-order valence-corrected chi connectivity index (χ0v) is 20.8. The van der Waals surface area contributed by atoms with E-state index in [1.165, 1.54) is 26.1 Å². The topological polar surface area (TPSA) is 66.9 Å². The van der Waals surface area contributed by atoms with E-state index in [4.69, 9.17) is 27.4 Å². The van der Waals surface area contributed by atoms with E-state index < -0.39 is 0 Å². The average molecular weight is 496 g/mol. The Morgan fingerprint density at radius 1 is 1.06 bits per heavy atom. The van der Waals surface area contributed by atoms with Gasteiger partial charge < -0.3 is 4.90 Å². The van der Waals surface area contributed by atoms with E-state index in [1.54, 1.807) is 6.20 Å². The molecule has 2 aromatic carbocycles. The number of nitrogens with zero attached hydrogens (tertiary/aromatic N) is 5. The fourth-order valence-corrected chi connectivity index (χ4v) is 6.07. The van der Waals surface area contributed by atoms with Crippen molar-refractivity contribution in [3.63, 3.8) is 0 Å². The van der Waals surface area contributed by atoms with Crippen LogP contribution in [0, 0.1) is 11.8 Å². The molecule has 7 rings (SSSR count). The smallest absolute Gasteiger partial charge is 0.266 e. The molecule has 2 fully saturated rings. The van der Waals surface area contributed by atoms with Gasteiger partial charge >= 0.3 is 0 Å². The highest BCUT2D eigenvalue weighted by atomic mass is 35.5. The van der Waals surface area contributed by atoms with E-state index in [2.05, 4.69) is 28.1 Å². The number of benzene rings is 2. The summed E-state index contributed by atoms with van der Waals surface area (Å²) >= 11 is 6.86. The number of quaternary nitrogens is 1. The molecular weight excluding hydrogens is 468 g/mol. The quantitative estimate of drug-likeness (QED) is 0.375. The van der Waals surface area contributed by atoms with Crippen LogP contribution in [0.15, 0.2) is 88.4 Å². The van der Waals surface area contributed by atoms with Crippen molar-refractivity contribution >= 4 is 34.6 Å². The lowest BCUT2D eigenvalue weighted by Gasteiger charge is -2.41. The molecule has 1 unspecified atom stereocenters. The van der Waals surface area contributed by atoms with Gasteiger partial charge in [0.05, 0.1) is 34.2 Å². The summed E-state index contributed by atoms with van der Waals surface area (Å²) in [6.07, 6.45) is 9.15. The van der Waals surface area contributed by atoms with E-state index in [0.29, 0.717) is 10.9 Å². The fraction of sp³-hybridized carbons (Fsp3) is 0.276. The monoisotopic (exact) mass is 495 g/mol. The molecule has 36 heavy (non-hydrogen) atoms. The van der Waals surface area contributed by atoms with Gasteiger partial charge in [-0.05, 0) is 56.5 Å². The van der Waals surface area contributed by atoms with E-state index in [0.717, 1.165) is 63.7 Å². The Balaban J connectivity index is 1.25. The number of hydrogen-bond acceptors (Lipinski definition) is 5. The molecule has 0 spiro atoms. The third-order valence-corrected chi connectivity index (χ3v) is 8.31. The highest BCUT2D eigenvalue weighted by molar-refractivity contribution is 6.34. The van der Waals surface area contributed by atoms with Gasteiger partial charge in [0, 0.05) is 23.4 Å². The van der Waals surface area contributed by atoms with Crippen LogP contribution in [0.4, 0.5) is 0 Å². The average Bonchev–Trinajstić information content (AvgIpc) is 3.14. The van der Waals surface area contributed by atoms with Crippen molar-refractivity contribution in [3.05, 3.63) is 89.0 Å². The molecule has 3 aromatic rings. The Bertz CT molecular complexity index is 1480. The van der Waals surface area contributed by atoms with Crippen LogP contribution in [0.1, 0.15) is 24.8 Å². The standard InChI is InChI=1S/C29H28ClN6/c30-24-15-21-7-8-25(20-5-2-1-3-6-20)33-26(21)16-23(24)29-34-28(27-17-32-9-12-36(27,29)31)22-13-19(14-22)18-35-10-4-11-35/h1-3,5-9,12,15-17,19,22H,4,10-11,13-14,18,31H2/q+1. The molecule has 0 bridgehead atoms. The zero-order valence-electron chi connectivity index (χ0n) is 20.0. The minimum Gasteiger partial charge on any atom is -0.303 e. The van der Waals surface area contributed by atoms with Crippen LogP contribution in [-0.4, -0.2) is 46.2 Å². The van der Waals surface area contributed by atoms with E-state index in [9.17, 15) is 0 Å². The molecule has 2 N–H and O–H groups in total. The van der Waals surface area contributed by atoms with Gasteiger partial charge in [-0.25, -0.2) is 4.98 Å². The molecule has 1 aliphatic carbocycles. The molecule has 1 saturated carbocycles. The van der Waals surface area contributed by atoms with E-state index in [1.807, 2.05) is 48.8 Å². The lowest BCUT2D eigenvalue weighted by molar-refractivity contribution is -0.750. The van der Waals surface area contributed by atoms with Gasteiger partial charge in [-0.1, -0.05) is 48.0 Å². The number of likely N-dealkylation sites (tertiary alicyclic amines) is 1. The minimum atomic E-state index is -0.00424. The number of nitrogens with two attached hydrogens (primary N) is 1. The second-order valence-electron chi connectivity index (χ2n) is 10.3. The second-order valence-corrected chi connectivity index (χ2v) is 10.7. The van der Waals surface area contributed by atoms with Crippen molar-refractivity contribution in [1.29, 1.82) is 0 Å². The minimum absolute atomic E-state index is 0.00424. The summed E-state index contributed by atoms with van der Waals surface area (Å²) < 4.78 is -0.00424. The summed E-state index contributed by atoms with van der Waals surface area (Å²) in [7, 11) is 0. The van der Waals surface area contributed by atoms with Gasteiger partial charge in [-0.3, -0.25) is 4.99 Å². The summed E-state index contributed by atoms with van der Waals surface area (Å²) in [4.78, 5) is 17.1. The first-order valence-corrected chi connectivity index (χ1v) is 13.1. The van der Waals surface area contributed by atoms with Gasteiger partial charge in [0.1, 0.15) is 11.9 Å². The molecule has 7 heteroatoms. The first-order chi connectivity index (χ1) is 17.6. The predicted octanol–water partition coefficient (Wildman–Crippen LogP) is 5.51. The first-order valence-electron chi connectivity index (χ1n) is 12.7. The Morgan fingerprint density at radius 3 is 2.67 bits per heavy atom. The lowest BCUT2D eigenvalue weighted by atomic mass is 9.72. The molecule has 3 aliphatic heterocycles. The van der Waals surface area contributed by atoms with E-state index >= 15 is 0 Å². The Morgan fingerprint density at radius 2 is 1.89 bits per heavy atom. The molecule has 0 radical (unpaired) electrons. The summed E-state index contributed by atoms with van der Waals surface area (Å²) in [6, 6.07) is 18.3. The number of allylic oxidation sites excluding steroid dienone is 2. The number of pyridine rings is 1. The maximum atomic E-state index is 7.01. The predicted molar refractivity (Wildman–Crippen MR) is 145 cm³/mol. The van der Waals surface area contributed by atoms with Crippen molar-refractivity contribution < 1.29 is 4.59 Å². The largest absolute Gasteiger partial charge is 0.303 e. The molecule has 180 valence electrons. The molecule has 0 amide bonds. The van der Waals surface area contributed by atoms with Crippen molar-refractivity contribution in [1.82, 2.24) is 9.88 Å². The van der Waals surface area contributed by atoms with Gasteiger partial charge in [-0.15, -0.1) is 4.59 Å². The highest BCUT2D eigenvalue weighted by Gasteiger charge is 2.48. The summed E-state index contributed by atoms with van der Waals surface area (Å²) in [6.45, 7) is 3.70. The lowest BCUT2D eigenvalue weighted by Crippen LogP contribution is -2.53. The number of fused-ring (bicyclic) bond motifs is 2. The Labute approximate surface area is 215 Å². The molecule has 1 atom stereocenters. The van der Waals surface area contributed by atoms with Crippen molar-refractivity contribution in [2.45, 2.75) is 19.3 Å². The molecule has 4 aliphatic rings. The number of halogens is 1. The number of aliphatic imine (C=N–C) groups is 2.